The first-order chi connectivity index (χ1) is 8.99. The van der Waals surface area contributed by atoms with Crippen molar-refractivity contribution in [2.45, 2.75) is 19.1 Å². The van der Waals surface area contributed by atoms with Crippen LogP contribution in [-0.2, 0) is 10.0 Å². The lowest BCUT2D eigenvalue weighted by Crippen LogP contribution is -2.22. The van der Waals surface area contributed by atoms with Crippen molar-refractivity contribution >= 4 is 15.7 Å². The average Bonchev–Trinajstić information content (AvgIpc) is 2.39. The first-order valence-corrected chi connectivity index (χ1v) is 7.71. The van der Waals surface area contributed by atoms with Gasteiger partial charge in [0.2, 0.25) is 10.0 Å². The molecular weight excluding hydrogens is 258 g/mol. The minimum Gasteiger partial charge on any atom is -0.283 e. The van der Waals surface area contributed by atoms with Gasteiger partial charge >= 0.3 is 0 Å². The number of hydrogen-bond acceptors (Lipinski definition) is 2. The molecule has 0 saturated heterocycles. The molecule has 0 spiro atoms. The van der Waals surface area contributed by atoms with Crippen LogP contribution in [0.3, 0.4) is 0 Å². The van der Waals surface area contributed by atoms with Crippen LogP contribution in [0.25, 0.3) is 11.1 Å². The lowest BCUT2D eigenvalue weighted by atomic mass is 10.1. The fourth-order valence-electron chi connectivity index (χ4n) is 1.67. The third kappa shape index (κ3) is 3.35. The van der Waals surface area contributed by atoms with Gasteiger partial charge in [0.25, 0.3) is 0 Å². The van der Waals surface area contributed by atoms with E-state index in [0.29, 0.717) is 5.69 Å². The molecular formula is C15H17NO2S. The summed E-state index contributed by atoms with van der Waals surface area (Å²) < 4.78 is 26.3. The Hall–Kier alpha value is -1.81. The average molecular weight is 275 g/mol. The van der Waals surface area contributed by atoms with E-state index >= 15 is 0 Å². The molecule has 19 heavy (non-hydrogen) atoms. The van der Waals surface area contributed by atoms with Crippen molar-refractivity contribution in [3.63, 3.8) is 0 Å². The SMILES string of the molecule is CC(C)S(=O)(=O)Nc1cccc(-c2ccccc2)c1. The summed E-state index contributed by atoms with van der Waals surface area (Å²) in [4.78, 5) is 0. The van der Waals surface area contributed by atoms with Gasteiger partial charge in [0, 0.05) is 5.69 Å². The summed E-state index contributed by atoms with van der Waals surface area (Å²) in [5, 5.41) is -0.451. The third-order valence-corrected chi connectivity index (χ3v) is 4.61. The Kier molecular flexibility index (Phi) is 3.90. The molecule has 0 heterocycles. The van der Waals surface area contributed by atoms with Crippen LogP contribution < -0.4 is 4.72 Å². The van der Waals surface area contributed by atoms with E-state index in [1.807, 2.05) is 48.5 Å². The van der Waals surface area contributed by atoms with Crippen LogP contribution in [0, 0.1) is 0 Å². The maximum absolute atomic E-state index is 11.8. The van der Waals surface area contributed by atoms with E-state index in [1.165, 1.54) is 0 Å². The van der Waals surface area contributed by atoms with Crippen molar-refractivity contribution in [2.75, 3.05) is 4.72 Å². The number of sulfonamides is 1. The highest BCUT2D eigenvalue weighted by Gasteiger charge is 2.15. The van der Waals surface area contributed by atoms with E-state index in [4.69, 9.17) is 0 Å². The third-order valence-electron chi connectivity index (χ3n) is 2.85. The topological polar surface area (TPSA) is 46.2 Å². The molecule has 4 heteroatoms. The van der Waals surface area contributed by atoms with Crippen molar-refractivity contribution in [3.8, 4) is 11.1 Å². The van der Waals surface area contributed by atoms with Gasteiger partial charge in [-0.25, -0.2) is 8.42 Å². The predicted octanol–water partition coefficient (Wildman–Crippen LogP) is 3.50. The quantitative estimate of drug-likeness (QED) is 0.928. The molecule has 0 aliphatic carbocycles. The minimum absolute atomic E-state index is 0.451. The number of rotatable bonds is 4. The van der Waals surface area contributed by atoms with E-state index in [1.54, 1.807) is 19.9 Å². The molecule has 0 bridgehead atoms. The van der Waals surface area contributed by atoms with Crippen LogP contribution in [0.4, 0.5) is 5.69 Å². The van der Waals surface area contributed by atoms with E-state index in [0.717, 1.165) is 11.1 Å². The first-order valence-electron chi connectivity index (χ1n) is 6.16. The summed E-state index contributed by atoms with van der Waals surface area (Å²) in [6, 6.07) is 17.3. The molecule has 0 amide bonds. The highest BCUT2D eigenvalue weighted by atomic mass is 32.2. The van der Waals surface area contributed by atoms with Gasteiger partial charge in [-0.05, 0) is 37.1 Å². The van der Waals surface area contributed by atoms with Crippen molar-refractivity contribution in [3.05, 3.63) is 54.6 Å². The van der Waals surface area contributed by atoms with E-state index in [2.05, 4.69) is 4.72 Å². The second-order valence-electron chi connectivity index (χ2n) is 4.64. The molecule has 2 aromatic rings. The zero-order valence-electron chi connectivity index (χ0n) is 11.0. The van der Waals surface area contributed by atoms with Crippen LogP contribution in [0.1, 0.15) is 13.8 Å². The van der Waals surface area contributed by atoms with Crippen LogP contribution >= 0.6 is 0 Å². The van der Waals surface area contributed by atoms with Crippen LogP contribution in [0.15, 0.2) is 54.6 Å². The Morgan fingerprint density at radius 2 is 1.53 bits per heavy atom. The molecule has 2 aromatic carbocycles. The lowest BCUT2D eigenvalue weighted by molar-refractivity contribution is 0.593. The summed E-state index contributed by atoms with van der Waals surface area (Å²) >= 11 is 0. The lowest BCUT2D eigenvalue weighted by Gasteiger charge is -2.11. The molecule has 0 fully saturated rings. The normalized spacial score (nSPS) is 11.5. The van der Waals surface area contributed by atoms with E-state index in [9.17, 15) is 8.42 Å². The van der Waals surface area contributed by atoms with Crippen molar-refractivity contribution in [1.29, 1.82) is 0 Å². The number of nitrogens with one attached hydrogen (secondary N) is 1. The van der Waals surface area contributed by atoms with Crippen molar-refractivity contribution < 1.29 is 8.42 Å². The van der Waals surface area contributed by atoms with Crippen molar-refractivity contribution in [2.24, 2.45) is 0 Å². The molecule has 0 radical (unpaired) electrons. The van der Waals surface area contributed by atoms with Gasteiger partial charge in [-0.2, -0.15) is 0 Å². The molecule has 0 aliphatic rings. The number of hydrogen-bond donors (Lipinski definition) is 1. The Balaban J connectivity index is 2.31. The van der Waals surface area contributed by atoms with Gasteiger partial charge in [0.1, 0.15) is 0 Å². The number of anilines is 1. The summed E-state index contributed by atoms with van der Waals surface area (Å²) in [6.45, 7) is 3.31. The molecule has 2 rings (SSSR count). The van der Waals surface area contributed by atoms with Gasteiger partial charge in [0.05, 0.1) is 5.25 Å². The fourth-order valence-corrected chi connectivity index (χ4v) is 2.37. The molecule has 100 valence electrons. The van der Waals surface area contributed by atoms with Crippen LogP contribution in [0.5, 0.6) is 0 Å². The largest absolute Gasteiger partial charge is 0.283 e. The monoisotopic (exact) mass is 275 g/mol. The minimum atomic E-state index is -3.30. The summed E-state index contributed by atoms with van der Waals surface area (Å²) in [5.74, 6) is 0. The highest BCUT2D eigenvalue weighted by Crippen LogP contribution is 2.23. The van der Waals surface area contributed by atoms with Gasteiger partial charge in [-0.15, -0.1) is 0 Å². The molecule has 3 nitrogen and oxygen atoms in total. The second-order valence-corrected chi connectivity index (χ2v) is 6.88. The molecule has 0 aliphatic heterocycles. The Morgan fingerprint density at radius 3 is 2.16 bits per heavy atom. The van der Waals surface area contributed by atoms with Gasteiger partial charge in [-0.3, -0.25) is 4.72 Å². The molecule has 0 aromatic heterocycles. The Bertz CT molecular complexity index is 649. The molecule has 0 saturated carbocycles. The fraction of sp³-hybridized carbons (Fsp3) is 0.200. The van der Waals surface area contributed by atoms with Crippen molar-refractivity contribution in [1.82, 2.24) is 0 Å². The smallest absolute Gasteiger partial charge is 0.235 e. The predicted molar refractivity (Wildman–Crippen MR) is 79.6 cm³/mol. The van der Waals surface area contributed by atoms with Crippen LogP contribution in [0.2, 0.25) is 0 Å². The van der Waals surface area contributed by atoms with E-state index < -0.39 is 15.3 Å². The van der Waals surface area contributed by atoms with Gasteiger partial charge in [-0.1, -0.05) is 42.5 Å². The zero-order valence-corrected chi connectivity index (χ0v) is 11.8. The second kappa shape index (κ2) is 5.45. The van der Waals surface area contributed by atoms with Crippen LogP contribution in [-0.4, -0.2) is 13.7 Å². The molecule has 0 atom stereocenters. The maximum atomic E-state index is 11.8. The first kappa shape index (κ1) is 13.6. The summed E-state index contributed by atoms with van der Waals surface area (Å²) in [6.07, 6.45) is 0. The standard InChI is InChI=1S/C15H17NO2S/c1-12(2)19(17,18)16-15-10-6-9-14(11-15)13-7-4-3-5-8-13/h3-12,16H,1-2H3. The zero-order chi connectivity index (χ0) is 13.9. The van der Waals surface area contributed by atoms with Gasteiger partial charge in [0.15, 0.2) is 0 Å². The highest BCUT2D eigenvalue weighted by molar-refractivity contribution is 7.93. The summed E-state index contributed by atoms with van der Waals surface area (Å²) in [5.41, 5.74) is 2.65. The van der Waals surface area contributed by atoms with E-state index in [-0.39, 0.29) is 0 Å². The van der Waals surface area contributed by atoms with Gasteiger partial charge < -0.3 is 0 Å². The molecule has 1 N–H and O–H groups in total. The molecule has 0 unspecified atom stereocenters. The maximum Gasteiger partial charge on any atom is 0.235 e. The number of benzene rings is 2. The Morgan fingerprint density at radius 1 is 0.895 bits per heavy atom. The Labute approximate surface area is 114 Å². The summed E-state index contributed by atoms with van der Waals surface area (Å²) in [7, 11) is -3.30.